The van der Waals surface area contributed by atoms with Crippen LogP contribution in [0.1, 0.15) is 59.3 Å². The van der Waals surface area contributed by atoms with Gasteiger partial charge in [0.1, 0.15) is 5.54 Å². The van der Waals surface area contributed by atoms with Gasteiger partial charge >= 0.3 is 0 Å². The molecule has 3 nitrogen and oxygen atoms in total. The van der Waals surface area contributed by atoms with Crippen molar-refractivity contribution in [2.75, 3.05) is 13.1 Å². The molecule has 0 aromatic rings. The molecule has 0 bridgehead atoms. The highest BCUT2D eigenvalue weighted by atomic mass is 15.2. The summed E-state index contributed by atoms with van der Waals surface area (Å²) < 4.78 is 0. The molecule has 1 heterocycles. The molecule has 1 N–H and O–H groups in total. The maximum atomic E-state index is 9.58. The van der Waals surface area contributed by atoms with Crippen molar-refractivity contribution in [3.05, 3.63) is 0 Å². The fourth-order valence-electron chi connectivity index (χ4n) is 4.00. The summed E-state index contributed by atoms with van der Waals surface area (Å²) in [6.45, 7) is 8.95. The van der Waals surface area contributed by atoms with E-state index in [9.17, 15) is 5.26 Å². The van der Waals surface area contributed by atoms with Gasteiger partial charge in [-0.05, 0) is 57.9 Å². The second-order valence-electron chi connectivity index (χ2n) is 6.70. The summed E-state index contributed by atoms with van der Waals surface area (Å²) in [6, 6.07) is 3.87. The molecular formula is C16H29N3. The van der Waals surface area contributed by atoms with E-state index in [-0.39, 0.29) is 5.54 Å². The van der Waals surface area contributed by atoms with E-state index in [1.54, 1.807) is 0 Å². The summed E-state index contributed by atoms with van der Waals surface area (Å²) in [4.78, 5) is 2.69. The fourth-order valence-corrected chi connectivity index (χ4v) is 4.00. The Morgan fingerprint density at radius 2 is 2.11 bits per heavy atom. The van der Waals surface area contributed by atoms with Gasteiger partial charge in [0, 0.05) is 18.6 Å². The monoisotopic (exact) mass is 263 g/mol. The standard InChI is InChI=1S/C16H29N3/c1-4-18-16(12-17)9-5-6-15(10-16)19-11-13(2)7-8-14(19)3/h13-15,18H,4-11H2,1-3H3. The molecule has 0 aromatic heterocycles. The van der Waals surface area contributed by atoms with E-state index >= 15 is 0 Å². The normalized spacial score (nSPS) is 40.8. The van der Waals surface area contributed by atoms with Crippen LogP contribution >= 0.6 is 0 Å². The lowest BCUT2D eigenvalue weighted by atomic mass is 9.78. The lowest BCUT2D eigenvalue weighted by molar-refractivity contribution is 0.0420. The zero-order chi connectivity index (χ0) is 13.9. The Labute approximate surface area is 118 Å². The minimum Gasteiger partial charge on any atom is -0.300 e. The molecule has 1 saturated heterocycles. The average Bonchev–Trinajstić information content (AvgIpc) is 2.42. The highest BCUT2D eigenvalue weighted by molar-refractivity contribution is 5.11. The van der Waals surface area contributed by atoms with Crippen LogP contribution in [0.3, 0.4) is 0 Å². The van der Waals surface area contributed by atoms with Gasteiger partial charge in [-0.1, -0.05) is 13.8 Å². The Morgan fingerprint density at radius 1 is 1.32 bits per heavy atom. The second-order valence-corrected chi connectivity index (χ2v) is 6.70. The van der Waals surface area contributed by atoms with Crippen LogP contribution < -0.4 is 5.32 Å². The molecule has 0 spiro atoms. The van der Waals surface area contributed by atoms with Crippen molar-refractivity contribution in [1.29, 1.82) is 5.26 Å². The Hall–Kier alpha value is -0.590. The van der Waals surface area contributed by atoms with E-state index in [0.29, 0.717) is 12.1 Å². The van der Waals surface area contributed by atoms with Crippen LogP contribution in [0.2, 0.25) is 0 Å². The molecule has 0 amide bonds. The van der Waals surface area contributed by atoms with Crippen LogP contribution in [-0.2, 0) is 0 Å². The van der Waals surface area contributed by atoms with E-state index in [1.807, 2.05) is 0 Å². The fraction of sp³-hybridized carbons (Fsp3) is 0.938. The Balaban J connectivity index is 2.05. The molecule has 2 fully saturated rings. The molecule has 1 saturated carbocycles. The van der Waals surface area contributed by atoms with Crippen LogP contribution in [-0.4, -0.2) is 35.6 Å². The van der Waals surface area contributed by atoms with Crippen molar-refractivity contribution in [3.63, 3.8) is 0 Å². The van der Waals surface area contributed by atoms with E-state index in [4.69, 9.17) is 0 Å². The molecule has 4 atom stereocenters. The molecule has 0 radical (unpaired) electrons. The molecule has 4 unspecified atom stereocenters. The van der Waals surface area contributed by atoms with Gasteiger partial charge < -0.3 is 0 Å². The quantitative estimate of drug-likeness (QED) is 0.851. The summed E-state index contributed by atoms with van der Waals surface area (Å²) in [6.07, 6.45) is 7.16. The van der Waals surface area contributed by atoms with E-state index in [2.05, 4.69) is 37.1 Å². The third-order valence-corrected chi connectivity index (χ3v) is 5.09. The predicted molar refractivity (Wildman–Crippen MR) is 78.8 cm³/mol. The van der Waals surface area contributed by atoms with Gasteiger partial charge in [-0.2, -0.15) is 5.26 Å². The van der Waals surface area contributed by atoms with Crippen molar-refractivity contribution >= 4 is 0 Å². The van der Waals surface area contributed by atoms with E-state index in [0.717, 1.165) is 25.3 Å². The molecule has 108 valence electrons. The van der Waals surface area contributed by atoms with E-state index < -0.39 is 0 Å². The number of piperidine rings is 1. The van der Waals surface area contributed by atoms with Crippen LogP contribution in [0.5, 0.6) is 0 Å². The first kappa shape index (κ1) is 14.8. The molecule has 2 aliphatic rings. The molecule has 2 rings (SSSR count). The summed E-state index contributed by atoms with van der Waals surface area (Å²) >= 11 is 0. The third-order valence-electron chi connectivity index (χ3n) is 5.09. The first-order valence-corrected chi connectivity index (χ1v) is 8.02. The van der Waals surface area contributed by atoms with Gasteiger partial charge in [0.15, 0.2) is 0 Å². The van der Waals surface area contributed by atoms with Crippen LogP contribution in [0.4, 0.5) is 0 Å². The maximum Gasteiger partial charge on any atom is 0.108 e. The summed E-state index contributed by atoms with van der Waals surface area (Å²) in [5.74, 6) is 0.814. The summed E-state index contributed by atoms with van der Waals surface area (Å²) in [5.41, 5.74) is -0.266. The van der Waals surface area contributed by atoms with Gasteiger partial charge in [0.2, 0.25) is 0 Å². The molecule has 0 aromatic carbocycles. The van der Waals surface area contributed by atoms with Gasteiger partial charge in [-0.3, -0.25) is 10.2 Å². The topological polar surface area (TPSA) is 39.1 Å². The summed E-state index contributed by atoms with van der Waals surface area (Å²) in [5, 5.41) is 13.0. The minimum atomic E-state index is -0.266. The third kappa shape index (κ3) is 3.30. The van der Waals surface area contributed by atoms with Crippen molar-refractivity contribution < 1.29 is 0 Å². The number of nitriles is 1. The number of hydrogen-bond acceptors (Lipinski definition) is 3. The van der Waals surface area contributed by atoms with Crippen molar-refractivity contribution in [2.24, 2.45) is 5.92 Å². The number of nitrogens with one attached hydrogen (secondary N) is 1. The van der Waals surface area contributed by atoms with Gasteiger partial charge in [0.25, 0.3) is 0 Å². The number of likely N-dealkylation sites (tertiary alicyclic amines) is 1. The maximum absolute atomic E-state index is 9.58. The molecule has 1 aliphatic heterocycles. The van der Waals surface area contributed by atoms with Crippen LogP contribution in [0.15, 0.2) is 0 Å². The molecule has 1 aliphatic carbocycles. The van der Waals surface area contributed by atoms with Crippen LogP contribution in [0.25, 0.3) is 0 Å². The lowest BCUT2D eigenvalue weighted by Gasteiger charge is -2.47. The first-order valence-electron chi connectivity index (χ1n) is 8.02. The predicted octanol–water partition coefficient (Wildman–Crippen LogP) is 2.92. The highest BCUT2D eigenvalue weighted by Crippen LogP contribution is 2.34. The Kier molecular flexibility index (Phi) is 4.86. The average molecular weight is 263 g/mol. The number of hydrogen-bond donors (Lipinski definition) is 1. The first-order chi connectivity index (χ1) is 9.10. The van der Waals surface area contributed by atoms with Crippen LogP contribution in [0, 0.1) is 17.2 Å². The zero-order valence-electron chi connectivity index (χ0n) is 12.8. The molecule has 19 heavy (non-hydrogen) atoms. The van der Waals surface area contributed by atoms with E-state index in [1.165, 1.54) is 32.2 Å². The SMILES string of the molecule is CCNC1(C#N)CCCC(N2CC(C)CCC2C)C1. The zero-order valence-corrected chi connectivity index (χ0v) is 12.8. The van der Waals surface area contributed by atoms with Gasteiger partial charge in [0.05, 0.1) is 6.07 Å². The van der Waals surface area contributed by atoms with Crippen molar-refractivity contribution in [3.8, 4) is 6.07 Å². The van der Waals surface area contributed by atoms with Crippen molar-refractivity contribution in [2.45, 2.75) is 76.9 Å². The second kappa shape index (κ2) is 6.24. The highest BCUT2D eigenvalue weighted by Gasteiger charge is 2.40. The Morgan fingerprint density at radius 3 is 2.79 bits per heavy atom. The summed E-state index contributed by atoms with van der Waals surface area (Å²) in [7, 11) is 0. The van der Waals surface area contributed by atoms with Gasteiger partial charge in [-0.25, -0.2) is 0 Å². The molecular weight excluding hydrogens is 234 g/mol. The lowest BCUT2D eigenvalue weighted by Crippen LogP contribution is -2.56. The van der Waals surface area contributed by atoms with Gasteiger partial charge in [-0.15, -0.1) is 0 Å². The minimum absolute atomic E-state index is 0.266. The number of rotatable bonds is 3. The largest absolute Gasteiger partial charge is 0.300 e. The molecule has 3 heteroatoms. The van der Waals surface area contributed by atoms with Crippen molar-refractivity contribution in [1.82, 2.24) is 10.2 Å². The number of nitrogens with zero attached hydrogens (tertiary/aromatic N) is 2. The Bertz CT molecular complexity index is 331. The smallest absolute Gasteiger partial charge is 0.108 e.